The molecule has 1 aliphatic rings. The quantitative estimate of drug-likeness (QED) is 0.163. The van der Waals surface area contributed by atoms with Crippen molar-refractivity contribution in [3.8, 4) is 50.7 Å². The van der Waals surface area contributed by atoms with Gasteiger partial charge in [-0.25, -0.2) is 9.97 Å². The van der Waals surface area contributed by atoms with E-state index in [0.29, 0.717) is 5.82 Å². The van der Waals surface area contributed by atoms with Gasteiger partial charge in [0, 0.05) is 33.2 Å². The Hall–Kier alpha value is -7.88. The fourth-order valence-electron chi connectivity index (χ4n) is 9.36. The molecule has 0 saturated carbocycles. The molecule has 11 aromatic rings. The van der Waals surface area contributed by atoms with Crippen LogP contribution in [0.1, 0.15) is 17.5 Å². The average Bonchev–Trinajstić information content (AvgIpc) is 3.46. The fraction of sp³-hybridized carbons (Fsp3) is 0.0175. The van der Waals surface area contributed by atoms with Crippen molar-refractivity contribution in [3.05, 3.63) is 211 Å². The molecule has 9 aromatic carbocycles. The van der Waals surface area contributed by atoms with E-state index < -0.39 is 0 Å². The van der Waals surface area contributed by atoms with E-state index >= 15 is 0 Å². The van der Waals surface area contributed by atoms with Crippen molar-refractivity contribution < 1.29 is 0 Å². The maximum atomic E-state index is 5.23. The summed E-state index contributed by atoms with van der Waals surface area (Å²) in [7, 11) is 0. The van der Waals surface area contributed by atoms with Crippen molar-refractivity contribution in [2.45, 2.75) is 6.42 Å². The van der Waals surface area contributed by atoms with E-state index in [9.17, 15) is 0 Å². The van der Waals surface area contributed by atoms with Gasteiger partial charge in [-0.05, 0) is 103 Å². The van der Waals surface area contributed by atoms with Crippen LogP contribution in [0, 0.1) is 0 Å². The molecular weight excluding hydrogens is 727 g/mol. The summed E-state index contributed by atoms with van der Waals surface area (Å²) < 4.78 is 2.42. The molecule has 0 spiro atoms. The lowest BCUT2D eigenvalue weighted by atomic mass is 9.88. The van der Waals surface area contributed by atoms with Crippen molar-refractivity contribution >= 4 is 66.3 Å². The largest absolute Gasteiger partial charge is 0.309 e. The summed E-state index contributed by atoms with van der Waals surface area (Å²) in [5, 5.41) is 9.86. The Morgan fingerprint density at radius 2 is 0.983 bits per heavy atom. The Bertz CT molecular complexity index is 3500. The van der Waals surface area contributed by atoms with E-state index in [-0.39, 0.29) is 0 Å². The minimum Gasteiger partial charge on any atom is -0.309 e. The molecule has 280 valence electrons. The van der Waals surface area contributed by atoms with Gasteiger partial charge in [-0.15, -0.1) is 0 Å². The minimum absolute atomic E-state index is 0.711. The van der Waals surface area contributed by atoms with Crippen molar-refractivity contribution in [1.82, 2.24) is 14.5 Å². The van der Waals surface area contributed by atoms with Crippen molar-refractivity contribution in [1.29, 1.82) is 0 Å². The van der Waals surface area contributed by atoms with Crippen LogP contribution in [-0.4, -0.2) is 14.5 Å². The van der Waals surface area contributed by atoms with Gasteiger partial charge in [-0.3, -0.25) is 0 Å². The zero-order valence-electron chi connectivity index (χ0n) is 32.8. The van der Waals surface area contributed by atoms with Crippen molar-refractivity contribution in [3.63, 3.8) is 0 Å². The van der Waals surface area contributed by atoms with Crippen LogP contribution < -0.4 is 0 Å². The molecule has 3 heteroatoms. The molecule has 0 radical (unpaired) electrons. The predicted molar refractivity (Wildman–Crippen MR) is 253 cm³/mol. The Kier molecular flexibility index (Phi) is 7.92. The number of rotatable bonds is 5. The maximum Gasteiger partial charge on any atom is 0.160 e. The van der Waals surface area contributed by atoms with Gasteiger partial charge in [0.15, 0.2) is 5.82 Å². The summed E-state index contributed by atoms with van der Waals surface area (Å²) in [6.07, 6.45) is 9.90. The summed E-state index contributed by atoms with van der Waals surface area (Å²) >= 11 is 0. The van der Waals surface area contributed by atoms with E-state index in [1.807, 2.05) is 24.3 Å². The van der Waals surface area contributed by atoms with Gasteiger partial charge in [0.05, 0.1) is 22.4 Å². The Balaban J connectivity index is 1.09. The lowest BCUT2D eigenvalue weighted by molar-refractivity contribution is 1.18. The number of allylic oxidation sites excluding steroid dienone is 2. The monoisotopic (exact) mass is 763 g/mol. The highest BCUT2D eigenvalue weighted by Crippen LogP contribution is 2.43. The zero-order valence-corrected chi connectivity index (χ0v) is 32.8. The first-order valence-corrected chi connectivity index (χ1v) is 20.6. The number of aromatic nitrogens is 3. The summed E-state index contributed by atoms with van der Waals surface area (Å²) in [6.45, 7) is 0. The smallest absolute Gasteiger partial charge is 0.160 e. The minimum atomic E-state index is 0.711. The highest BCUT2D eigenvalue weighted by atomic mass is 15.0. The third-order valence-electron chi connectivity index (χ3n) is 12.2. The Labute approximate surface area is 347 Å². The maximum absolute atomic E-state index is 5.23. The summed E-state index contributed by atoms with van der Waals surface area (Å²) in [6, 6.07) is 68.0. The number of para-hydroxylation sites is 1. The third-order valence-corrected chi connectivity index (χ3v) is 12.2. The molecule has 3 nitrogen and oxygen atoms in total. The summed E-state index contributed by atoms with van der Waals surface area (Å²) in [5.74, 6) is 0.711. The molecule has 60 heavy (non-hydrogen) atoms. The highest BCUT2D eigenvalue weighted by Gasteiger charge is 2.19. The molecule has 1 aliphatic carbocycles. The molecule has 0 atom stereocenters. The molecule has 2 heterocycles. The molecule has 2 aromatic heterocycles. The fourth-order valence-corrected chi connectivity index (χ4v) is 9.36. The van der Waals surface area contributed by atoms with E-state index in [1.165, 1.54) is 82.1 Å². The average molecular weight is 764 g/mol. The number of hydrogen-bond donors (Lipinski definition) is 0. The van der Waals surface area contributed by atoms with Crippen molar-refractivity contribution in [2.24, 2.45) is 0 Å². The van der Waals surface area contributed by atoms with Gasteiger partial charge in [-0.1, -0.05) is 170 Å². The van der Waals surface area contributed by atoms with Crippen LogP contribution in [0.25, 0.3) is 117 Å². The van der Waals surface area contributed by atoms with E-state index in [0.717, 1.165) is 34.5 Å². The zero-order chi connectivity index (χ0) is 39.6. The second-order valence-corrected chi connectivity index (χ2v) is 15.7. The van der Waals surface area contributed by atoms with Crippen LogP contribution in [0.4, 0.5) is 0 Å². The molecule has 12 rings (SSSR count). The van der Waals surface area contributed by atoms with E-state index in [1.54, 1.807) is 0 Å². The number of nitrogens with zero attached hydrogens (tertiary/aromatic N) is 3. The molecule has 0 unspecified atom stereocenters. The van der Waals surface area contributed by atoms with Gasteiger partial charge in [0.2, 0.25) is 0 Å². The van der Waals surface area contributed by atoms with Crippen LogP contribution in [0.3, 0.4) is 0 Å². The molecule has 0 bridgehead atoms. The third kappa shape index (κ3) is 5.59. The molecule has 0 saturated heterocycles. The second kappa shape index (κ2) is 13.9. The van der Waals surface area contributed by atoms with Gasteiger partial charge in [0.25, 0.3) is 0 Å². The Morgan fingerprint density at radius 1 is 0.367 bits per heavy atom. The van der Waals surface area contributed by atoms with Crippen LogP contribution >= 0.6 is 0 Å². The summed E-state index contributed by atoms with van der Waals surface area (Å²) in [4.78, 5) is 10.3. The first-order chi connectivity index (χ1) is 29.7. The van der Waals surface area contributed by atoms with E-state index in [4.69, 9.17) is 9.97 Å². The van der Waals surface area contributed by atoms with Crippen molar-refractivity contribution in [2.75, 3.05) is 0 Å². The highest BCUT2D eigenvalue weighted by molar-refractivity contribution is 6.29. The van der Waals surface area contributed by atoms with Gasteiger partial charge < -0.3 is 4.57 Å². The van der Waals surface area contributed by atoms with Crippen LogP contribution in [-0.2, 0) is 0 Å². The van der Waals surface area contributed by atoms with Gasteiger partial charge in [-0.2, -0.15) is 0 Å². The number of hydrogen-bond acceptors (Lipinski definition) is 2. The normalized spacial score (nSPS) is 12.5. The van der Waals surface area contributed by atoms with Crippen LogP contribution in [0.15, 0.2) is 200 Å². The molecular formula is C57H37N3. The van der Waals surface area contributed by atoms with Crippen LogP contribution in [0.2, 0.25) is 0 Å². The van der Waals surface area contributed by atoms with Gasteiger partial charge in [0.1, 0.15) is 0 Å². The predicted octanol–water partition coefficient (Wildman–Crippen LogP) is 15.1. The second-order valence-electron chi connectivity index (χ2n) is 15.7. The molecule has 0 fully saturated rings. The lowest BCUT2D eigenvalue weighted by Crippen LogP contribution is -1.96. The number of benzene rings is 9. The molecule has 0 aliphatic heterocycles. The Morgan fingerprint density at radius 3 is 1.80 bits per heavy atom. The SMILES string of the molecule is C1=Cc2ccc(-n3c4ccccc4c4cc(-c5cccc6c7ccccc7c7ccc(-c8cc(-c9ccccc9)nc(-c9ccccc9)n8)cc7c56)ccc43)cc2C=CC1. The lowest BCUT2D eigenvalue weighted by Gasteiger charge is -2.16. The first kappa shape index (κ1) is 34.2. The standard InChI is InChI=1S/C57H37N3/c1-4-15-37-27-30-43(33-40(37)20-9-1)60-54-26-13-12-23-48(54)50-34-41(29-32-55(50)60)44-24-14-25-49-46-22-11-10-21-45(46)47-31-28-42(35-51(47)56(44)49)53-36-52(38-16-5-2-6-17-38)58-57(59-53)39-18-7-3-8-19-39/h2-36H,1H2. The van der Waals surface area contributed by atoms with Gasteiger partial charge >= 0.3 is 0 Å². The first-order valence-electron chi connectivity index (χ1n) is 20.6. The molecule has 0 N–H and O–H groups in total. The summed E-state index contributed by atoms with van der Waals surface area (Å²) in [5.41, 5.74) is 13.3. The number of fused-ring (bicyclic) bond motifs is 10. The van der Waals surface area contributed by atoms with Crippen LogP contribution in [0.5, 0.6) is 0 Å². The van der Waals surface area contributed by atoms with E-state index in [2.05, 4.69) is 193 Å². The topological polar surface area (TPSA) is 30.7 Å². The molecule has 0 amide bonds.